The first-order valence-electron chi connectivity index (χ1n) is 11.7. The Balaban J connectivity index is 1.48. The maximum Gasteiger partial charge on any atom is 0.238 e. The van der Waals surface area contributed by atoms with Crippen LogP contribution in [0.1, 0.15) is 22.4 Å². The molecule has 0 amide bonds. The van der Waals surface area contributed by atoms with Gasteiger partial charge in [-0.15, -0.1) is 0 Å². The summed E-state index contributed by atoms with van der Waals surface area (Å²) in [5, 5.41) is 11.8. The Morgan fingerprint density at radius 2 is 1.68 bits per heavy atom. The van der Waals surface area contributed by atoms with Gasteiger partial charge in [-0.1, -0.05) is 48.0 Å². The van der Waals surface area contributed by atoms with E-state index in [2.05, 4.69) is 27.8 Å². The van der Waals surface area contributed by atoms with Gasteiger partial charge in [0.2, 0.25) is 5.88 Å². The fourth-order valence-electron chi connectivity index (χ4n) is 4.60. The van der Waals surface area contributed by atoms with Crippen LogP contribution in [-0.4, -0.2) is 10.8 Å². The molecular weight excluding hydrogens is 486 g/mol. The molecule has 0 saturated carbocycles. The van der Waals surface area contributed by atoms with E-state index in [1.54, 1.807) is 43.0 Å². The molecule has 180 valence electrons. The molecular formula is C30H20ClN3O3. The fraction of sp³-hybridized carbons (Fsp3) is 0.0667. The Kier molecular flexibility index (Phi) is 5.76. The standard InChI is InChI=1S/C30H20ClN3O3/c1-19-23(21-9-3-5-11-25(21)34(19)18-20-8-2-4-10-24(20)31)17-33-30-22(16-32)28(26-12-6-14-35-26)29(37-30)27-13-7-15-36-27/h2-15,17H,18H2,1H3. The summed E-state index contributed by atoms with van der Waals surface area (Å²) in [5.74, 6) is 1.56. The molecule has 0 atom stereocenters. The lowest BCUT2D eigenvalue weighted by Crippen LogP contribution is -2.02. The molecule has 0 aliphatic carbocycles. The number of hydrogen-bond acceptors (Lipinski definition) is 5. The van der Waals surface area contributed by atoms with E-state index in [0.717, 1.165) is 32.7 Å². The van der Waals surface area contributed by atoms with E-state index in [1.807, 2.05) is 43.3 Å². The number of para-hydroxylation sites is 1. The first kappa shape index (κ1) is 22.7. The minimum atomic E-state index is 0.183. The molecule has 0 bridgehead atoms. The van der Waals surface area contributed by atoms with Crippen molar-refractivity contribution in [2.75, 3.05) is 0 Å². The molecule has 0 unspecified atom stereocenters. The number of furan rings is 3. The van der Waals surface area contributed by atoms with Crippen molar-refractivity contribution in [1.82, 2.24) is 4.57 Å². The highest BCUT2D eigenvalue weighted by Gasteiger charge is 2.26. The molecule has 0 aliphatic rings. The smallest absolute Gasteiger partial charge is 0.238 e. The van der Waals surface area contributed by atoms with Crippen molar-refractivity contribution in [2.24, 2.45) is 4.99 Å². The topological polar surface area (TPSA) is 80.5 Å². The third-order valence-electron chi connectivity index (χ3n) is 6.39. The molecule has 0 fully saturated rings. The second kappa shape index (κ2) is 9.38. The van der Waals surface area contributed by atoms with Gasteiger partial charge in [-0.3, -0.25) is 0 Å². The average molecular weight is 506 g/mol. The molecule has 2 aromatic carbocycles. The molecule has 6 aromatic rings. The Morgan fingerprint density at radius 1 is 0.946 bits per heavy atom. The molecule has 4 aromatic heterocycles. The van der Waals surface area contributed by atoms with Gasteiger partial charge < -0.3 is 17.8 Å². The lowest BCUT2D eigenvalue weighted by atomic mass is 10.1. The van der Waals surface area contributed by atoms with Crippen LogP contribution in [0.4, 0.5) is 5.88 Å². The Labute approximate surface area is 217 Å². The van der Waals surface area contributed by atoms with Crippen molar-refractivity contribution in [3.63, 3.8) is 0 Å². The van der Waals surface area contributed by atoms with Gasteiger partial charge in [-0.25, -0.2) is 4.99 Å². The first-order valence-corrected chi connectivity index (χ1v) is 12.0. The zero-order valence-electron chi connectivity index (χ0n) is 19.8. The van der Waals surface area contributed by atoms with E-state index >= 15 is 0 Å². The summed E-state index contributed by atoms with van der Waals surface area (Å²) in [7, 11) is 0. The predicted molar refractivity (Wildman–Crippen MR) is 143 cm³/mol. The zero-order chi connectivity index (χ0) is 25.4. The molecule has 7 heteroatoms. The van der Waals surface area contributed by atoms with Gasteiger partial charge in [0, 0.05) is 39.9 Å². The second-order valence-corrected chi connectivity index (χ2v) is 8.91. The number of halogens is 1. The minimum absolute atomic E-state index is 0.183. The molecule has 0 N–H and O–H groups in total. The summed E-state index contributed by atoms with van der Waals surface area (Å²) in [6.07, 6.45) is 4.85. The number of hydrogen-bond donors (Lipinski definition) is 0. The van der Waals surface area contributed by atoms with E-state index in [9.17, 15) is 5.26 Å². The van der Waals surface area contributed by atoms with Gasteiger partial charge in [0.1, 0.15) is 17.4 Å². The molecule has 0 radical (unpaired) electrons. The van der Waals surface area contributed by atoms with Crippen molar-refractivity contribution in [3.05, 3.63) is 113 Å². The van der Waals surface area contributed by atoms with E-state index < -0.39 is 0 Å². The number of benzene rings is 2. The molecule has 0 aliphatic heterocycles. The monoisotopic (exact) mass is 505 g/mol. The van der Waals surface area contributed by atoms with Crippen LogP contribution in [0, 0.1) is 18.3 Å². The van der Waals surface area contributed by atoms with Gasteiger partial charge in [0.25, 0.3) is 0 Å². The highest BCUT2D eigenvalue weighted by atomic mass is 35.5. The van der Waals surface area contributed by atoms with Crippen molar-refractivity contribution < 1.29 is 13.3 Å². The third kappa shape index (κ3) is 3.96. The van der Waals surface area contributed by atoms with E-state index in [4.69, 9.17) is 24.9 Å². The molecule has 6 nitrogen and oxygen atoms in total. The third-order valence-corrected chi connectivity index (χ3v) is 6.76. The predicted octanol–water partition coefficient (Wildman–Crippen LogP) is 8.39. The second-order valence-electron chi connectivity index (χ2n) is 8.50. The molecule has 0 spiro atoms. The van der Waals surface area contributed by atoms with Crippen LogP contribution in [0.2, 0.25) is 5.02 Å². The lowest BCUT2D eigenvalue weighted by Gasteiger charge is -2.10. The Bertz CT molecular complexity index is 1780. The van der Waals surface area contributed by atoms with Crippen LogP contribution in [0.5, 0.6) is 0 Å². The normalized spacial score (nSPS) is 11.5. The van der Waals surface area contributed by atoms with Gasteiger partial charge in [-0.2, -0.15) is 5.26 Å². The number of aliphatic imine (C=N–C) groups is 1. The first-order chi connectivity index (χ1) is 18.2. The van der Waals surface area contributed by atoms with Crippen LogP contribution in [0.3, 0.4) is 0 Å². The maximum atomic E-state index is 10.1. The summed E-state index contributed by atoms with van der Waals surface area (Å²) in [4.78, 5) is 4.66. The van der Waals surface area contributed by atoms with Gasteiger partial charge in [0.15, 0.2) is 11.5 Å². The quantitative estimate of drug-likeness (QED) is 0.213. The van der Waals surface area contributed by atoms with Crippen LogP contribution < -0.4 is 0 Å². The average Bonchev–Trinajstić information content (AvgIpc) is 3.71. The number of rotatable bonds is 6. The summed E-state index contributed by atoms with van der Waals surface area (Å²) in [6.45, 7) is 2.67. The minimum Gasteiger partial charge on any atom is -0.464 e. The number of nitrogens with zero attached hydrogens (tertiary/aromatic N) is 3. The molecule has 4 heterocycles. The fourth-order valence-corrected chi connectivity index (χ4v) is 4.79. The van der Waals surface area contributed by atoms with Gasteiger partial charge in [0.05, 0.1) is 18.1 Å². The number of aromatic nitrogens is 1. The summed E-state index contributed by atoms with van der Waals surface area (Å²) in [6, 6.07) is 25.3. The van der Waals surface area contributed by atoms with Crippen LogP contribution in [-0.2, 0) is 6.54 Å². The molecule has 6 rings (SSSR count). The highest BCUT2D eigenvalue weighted by Crippen LogP contribution is 2.43. The summed E-state index contributed by atoms with van der Waals surface area (Å²) >= 11 is 6.46. The van der Waals surface area contributed by atoms with Crippen LogP contribution in [0.15, 0.2) is 104 Å². The van der Waals surface area contributed by atoms with Crippen molar-refractivity contribution in [3.8, 4) is 28.9 Å². The number of nitriles is 1. The molecule has 0 saturated heterocycles. The Hall–Kier alpha value is -4.73. The summed E-state index contributed by atoms with van der Waals surface area (Å²) in [5.41, 5.74) is 4.83. The van der Waals surface area contributed by atoms with Crippen molar-refractivity contribution in [1.29, 1.82) is 5.26 Å². The van der Waals surface area contributed by atoms with Crippen LogP contribution >= 0.6 is 11.6 Å². The van der Waals surface area contributed by atoms with Crippen LogP contribution in [0.25, 0.3) is 33.7 Å². The largest absolute Gasteiger partial charge is 0.464 e. The number of fused-ring (bicyclic) bond motifs is 1. The van der Waals surface area contributed by atoms with E-state index in [1.165, 1.54) is 0 Å². The van der Waals surface area contributed by atoms with E-state index in [0.29, 0.717) is 29.4 Å². The Morgan fingerprint density at radius 3 is 2.41 bits per heavy atom. The van der Waals surface area contributed by atoms with Gasteiger partial charge in [-0.05, 0) is 48.9 Å². The van der Waals surface area contributed by atoms with Gasteiger partial charge >= 0.3 is 0 Å². The zero-order valence-corrected chi connectivity index (χ0v) is 20.6. The molecule has 37 heavy (non-hydrogen) atoms. The SMILES string of the molecule is Cc1c(C=Nc2oc(-c3ccco3)c(-c3ccco3)c2C#N)c2ccccc2n1Cc1ccccc1Cl. The lowest BCUT2D eigenvalue weighted by molar-refractivity contribution is 0.527. The summed E-state index contributed by atoms with van der Waals surface area (Å²) < 4.78 is 19.5. The maximum absolute atomic E-state index is 10.1. The van der Waals surface area contributed by atoms with E-state index in [-0.39, 0.29) is 11.4 Å². The highest BCUT2D eigenvalue weighted by molar-refractivity contribution is 6.31. The van der Waals surface area contributed by atoms with Crippen molar-refractivity contribution >= 4 is 34.6 Å². The van der Waals surface area contributed by atoms with Crippen molar-refractivity contribution in [2.45, 2.75) is 13.5 Å².